The zero-order valence-corrected chi connectivity index (χ0v) is 12.3. The van der Waals surface area contributed by atoms with Crippen molar-refractivity contribution in [1.82, 2.24) is 0 Å². The first-order chi connectivity index (χ1) is 7.68. The Bertz CT molecular complexity index is 232. The average molecular weight is 244 g/mol. The Kier molecular flexibility index (Phi) is 13.8. The lowest BCUT2D eigenvalue weighted by Gasteiger charge is -2.09. The van der Waals surface area contributed by atoms with Crippen molar-refractivity contribution in [2.75, 3.05) is 0 Å². The van der Waals surface area contributed by atoms with Crippen LogP contribution in [0.15, 0.2) is 24.0 Å². The van der Waals surface area contributed by atoms with Crippen LogP contribution in [0.3, 0.4) is 0 Å². The van der Waals surface area contributed by atoms with Gasteiger partial charge in [-0.1, -0.05) is 39.8 Å². The highest BCUT2D eigenvalue weighted by molar-refractivity contribution is 7.17. The summed E-state index contributed by atoms with van der Waals surface area (Å²) in [5, 5.41) is 0. The third kappa shape index (κ3) is 9.92. The standard InChI is InChI=1S/C9H13O2P.2C2H6/c1-7(10)11-8-4-2-3-5-9(12)6-8;2*1-2/h2-4,9H,5-6,12H2,1H3;2*1-2H3. The van der Waals surface area contributed by atoms with E-state index in [1.807, 2.05) is 39.8 Å². The van der Waals surface area contributed by atoms with E-state index in [4.69, 9.17) is 4.74 Å². The summed E-state index contributed by atoms with van der Waals surface area (Å²) in [7, 11) is 2.74. The lowest BCUT2D eigenvalue weighted by molar-refractivity contribution is -0.137. The molecule has 0 fully saturated rings. The van der Waals surface area contributed by atoms with Crippen LogP contribution in [-0.4, -0.2) is 11.6 Å². The molecule has 1 aliphatic rings. The predicted molar refractivity (Wildman–Crippen MR) is 74.4 cm³/mol. The van der Waals surface area contributed by atoms with Crippen molar-refractivity contribution < 1.29 is 9.53 Å². The Labute approximate surface area is 102 Å². The number of hydrogen-bond acceptors (Lipinski definition) is 2. The van der Waals surface area contributed by atoms with E-state index >= 15 is 0 Å². The number of hydrogen-bond donors (Lipinski definition) is 0. The topological polar surface area (TPSA) is 26.3 Å². The van der Waals surface area contributed by atoms with E-state index in [2.05, 4.69) is 15.3 Å². The van der Waals surface area contributed by atoms with Gasteiger partial charge in [0.05, 0.1) is 0 Å². The first-order valence-corrected chi connectivity index (χ1v) is 6.65. The van der Waals surface area contributed by atoms with Crippen LogP contribution in [0.5, 0.6) is 0 Å². The quantitative estimate of drug-likeness (QED) is 0.513. The van der Waals surface area contributed by atoms with Gasteiger partial charge in [0.15, 0.2) is 0 Å². The number of esters is 1. The van der Waals surface area contributed by atoms with Crippen LogP contribution in [0.25, 0.3) is 0 Å². The van der Waals surface area contributed by atoms with Crippen LogP contribution in [0.2, 0.25) is 0 Å². The van der Waals surface area contributed by atoms with Gasteiger partial charge in [-0.15, -0.1) is 9.24 Å². The summed E-state index contributed by atoms with van der Waals surface area (Å²) >= 11 is 0. The molecule has 0 N–H and O–H groups in total. The molecule has 16 heavy (non-hydrogen) atoms. The monoisotopic (exact) mass is 244 g/mol. The molecule has 0 aliphatic heterocycles. The summed E-state index contributed by atoms with van der Waals surface area (Å²) in [5.41, 5.74) is 0.481. The summed E-state index contributed by atoms with van der Waals surface area (Å²) in [6.45, 7) is 9.42. The molecule has 0 aromatic heterocycles. The second-order valence-corrected chi connectivity index (χ2v) is 3.80. The first-order valence-electron chi connectivity index (χ1n) is 5.98. The molecule has 2 atom stereocenters. The predicted octanol–water partition coefficient (Wildman–Crippen LogP) is 4.08. The van der Waals surface area contributed by atoms with E-state index in [1.165, 1.54) is 6.92 Å². The Balaban J connectivity index is 0. The fourth-order valence-electron chi connectivity index (χ4n) is 1.10. The summed E-state index contributed by atoms with van der Waals surface area (Å²) < 4.78 is 5.00. The fourth-order valence-corrected chi connectivity index (χ4v) is 1.49. The third-order valence-corrected chi connectivity index (χ3v) is 2.10. The number of allylic oxidation sites excluding steroid dienone is 4. The van der Waals surface area contributed by atoms with E-state index in [0.717, 1.165) is 18.6 Å². The molecule has 0 saturated carbocycles. The lowest BCUT2D eigenvalue weighted by Crippen LogP contribution is -2.03. The maximum atomic E-state index is 10.6. The van der Waals surface area contributed by atoms with Crippen molar-refractivity contribution in [2.45, 2.75) is 53.1 Å². The van der Waals surface area contributed by atoms with Gasteiger partial charge >= 0.3 is 5.97 Å². The van der Waals surface area contributed by atoms with Gasteiger partial charge in [0, 0.05) is 13.3 Å². The molecule has 0 radical (unpaired) electrons. The molecular formula is C13H25O2P. The summed E-state index contributed by atoms with van der Waals surface area (Å²) in [6.07, 6.45) is 7.70. The Hall–Kier alpha value is -0.620. The molecule has 0 bridgehead atoms. The molecule has 0 spiro atoms. The number of carbonyl (C=O) groups excluding carboxylic acids is 1. The van der Waals surface area contributed by atoms with Crippen LogP contribution in [0.1, 0.15) is 47.5 Å². The molecule has 0 amide bonds. The van der Waals surface area contributed by atoms with E-state index in [-0.39, 0.29) is 5.97 Å². The molecule has 0 aromatic rings. The minimum absolute atomic E-state index is 0.242. The molecule has 0 saturated heterocycles. The highest BCUT2D eigenvalue weighted by atomic mass is 31.0. The van der Waals surface area contributed by atoms with E-state index in [1.54, 1.807) is 0 Å². The zero-order chi connectivity index (χ0) is 13.0. The minimum Gasteiger partial charge on any atom is -0.431 e. The number of ether oxygens (including phenoxy) is 1. The van der Waals surface area contributed by atoms with Crippen molar-refractivity contribution >= 4 is 15.2 Å². The largest absolute Gasteiger partial charge is 0.431 e. The summed E-state index contributed by atoms with van der Waals surface area (Å²) in [5.74, 6) is 0.519. The van der Waals surface area contributed by atoms with Gasteiger partial charge in [-0.3, -0.25) is 4.79 Å². The normalized spacial score (nSPS) is 17.9. The third-order valence-electron chi connectivity index (χ3n) is 1.60. The van der Waals surface area contributed by atoms with E-state index in [0.29, 0.717) is 5.66 Å². The minimum atomic E-state index is -0.242. The second-order valence-electron chi connectivity index (χ2n) is 2.85. The molecule has 1 rings (SSSR count). The van der Waals surface area contributed by atoms with Crippen molar-refractivity contribution in [3.63, 3.8) is 0 Å². The van der Waals surface area contributed by atoms with Crippen molar-refractivity contribution in [1.29, 1.82) is 0 Å². The summed E-state index contributed by atoms with van der Waals surface area (Å²) in [4.78, 5) is 10.6. The molecular weight excluding hydrogens is 219 g/mol. The zero-order valence-electron chi connectivity index (χ0n) is 11.1. The van der Waals surface area contributed by atoms with Crippen molar-refractivity contribution in [3.05, 3.63) is 24.0 Å². The van der Waals surface area contributed by atoms with Crippen LogP contribution in [0, 0.1) is 0 Å². The maximum Gasteiger partial charge on any atom is 0.307 e. The van der Waals surface area contributed by atoms with Gasteiger partial charge in [0.25, 0.3) is 0 Å². The van der Waals surface area contributed by atoms with Gasteiger partial charge in [-0.2, -0.15) is 0 Å². The van der Waals surface area contributed by atoms with Gasteiger partial charge in [-0.05, 0) is 18.2 Å². The molecule has 1 aliphatic carbocycles. The SMILES string of the molecule is CC.CC.CC(=O)OC1=CC=CCC(P)C1. The van der Waals surface area contributed by atoms with E-state index in [9.17, 15) is 4.79 Å². The highest BCUT2D eigenvalue weighted by Crippen LogP contribution is 2.20. The Morgan fingerprint density at radius 1 is 1.38 bits per heavy atom. The molecule has 94 valence electrons. The fraction of sp³-hybridized carbons (Fsp3) is 0.615. The number of carbonyl (C=O) groups is 1. The second kappa shape index (κ2) is 12.4. The van der Waals surface area contributed by atoms with Crippen molar-refractivity contribution in [3.8, 4) is 0 Å². The first kappa shape index (κ1) is 17.8. The van der Waals surface area contributed by atoms with Gasteiger partial charge < -0.3 is 4.74 Å². The van der Waals surface area contributed by atoms with Crippen LogP contribution in [-0.2, 0) is 9.53 Å². The van der Waals surface area contributed by atoms with Gasteiger partial charge in [0.1, 0.15) is 5.76 Å². The molecule has 0 heterocycles. The van der Waals surface area contributed by atoms with Gasteiger partial charge in [-0.25, -0.2) is 0 Å². The molecule has 3 heteroatoms. The Morgan fingerprint density at radius 3 is 2.44 bits per heavy atom. The van der Waals surface area contributed by atoms with Gasteiger partial charge in [0.2, 0.25) is 0 Å². The van der Waals surface area contributed by atoms with Crippen LogP contribution in [0.4, 0.5) is 0 Å². The Morgan fingerprint density at radius 2 is 1.94 bits per heavy atom. The van der Waals surface area contributed by atoms with Crippen LogP contribution < -0.4 is 0 Å². The summed E-state index contributed by atoms with van der Waals surface area (Å²) in [6, 6.07) is 0. The van der Waals surface area contributed by atoms with Crippen LogP contribution >= 0.6 is 9.24 Å². The molecule has 2 nitrogen and oxygen atoms in total. The van der Waals surface area contributed by atoms with Crippen molar-refractivity contribution in [2.24, 2.45) is 0 Å². The lowest BCUT2D eigenvalue weighted by atomic mass is 10.2. The number of rotatable bonds is 1. The molecule has 0 aromatic carbocycles. The van der Waals surface area contributed by atoms with E-state index < -0.39 is 0 Å². The highest BCUT2D eigenvalue weighted by Gasteiger charge is 2.09. The molecule has 2 unspecified atom stereocenters. The smallest absolute Gasteiger partial charge is 0.307 e. The maximum absolute atomic E-state index is 10.6. The average Bonchev–Trinajstić information content (AvgIpc) is 2.48.